The second-order valence-corrected chi connectivity index (χ2v) is 4.93. The summed E-state index contributed by atoms with van der Waals surface area (Å²) in [5, 5.41) is 12.0. The Hall–Kier alpha value is -1.78. The van der Waals surface area contributed by atoms with Gasteiger partial charge in [0.2, 0.25) is 0 Å². The fraction of sp³-hybridized carbons (Fsp3) is 0.538. The normalized spacial score (nSPS) is 25.2. The fourth-order valence-electron chi connectivity index (χ4n) is 2.56. The van der Waals surface area contributed by atoms with E-state index in [0.29, 0.717) is 12.0 Å². The first-order chi connectivity index (χ1) is 8.65. The summed E-state index contributed by atoms with van der Waals surface area (Å²) in [6.07, 6.45) is 5.86. The number of anilines is 1. The third-order valence-electron chi connectivity index (χ3n) is 3.87. The van der Waals surface area contributed by atoms with Crippen LogP contribution in [0.25, 0.3) is 0 Å². The molecule has 0 amide bonds. The summed E-state index contributed by atoms with van der Waals surface area (Å²) < 4.78 is 0. The lowest BCUT2D eigenvalue weighted by molar-refractivity contribution is 0.318. The predicted molar refractivity (Wildman–Crippen MR) is 72.0 cm³/mol. The minimum absolute atomic E-state index is 0.137. The highest BCUT2D eigenvalue weighted by molar-refractivity contribution is 6.02. The number of oxime groups is 1. The smallest absolute Gasteiger partial charge is 0.172 e. The van der Waals surface area contributed by atoms with Crippen LogP contribution < -0.4 is 10.6 Å². The average Bonchev–Trinajstić information content (AvgIpc) is 2.41. The highest BCUT2D eigenvalue weighted by Gasteiger charge is 2.27. The van der Waals surface area contributed by atoms with E-state index in [4.69, 9.17) is 10.9 Å². The van der Waals surface area contributed by atoms with Crippen LogP contribution in [0.1, 0.15) is 32.3 Å². The van der Waals surface area contributed by atoms with E-state index in [-0.39, 0.29) is 5.84 Å². The molecule has 2 rings (SSSR count). The molecule has 1 fully saturated rings. The lowest BCUT2D eigenvalue weighted by atomic mass is 9.91. The van der Waals surface area contributed by atoms with Crippen LogP contribution >= 0.6 is 0 Å². The van der Waals surface area contributed by atoms with Crippen LogP contribution in [0, 0.1) is 5.92 Å². The van der Waals surface area contributed by atoms with E-state index >= 15 is 0 Å². The molecule has 0 aromatic carbocycles. The first kappa shape index (κ1) is 12.7. The van der Waals surface area contributed by atoms with Crippen molar-refractivity contribution in [1.82, 2.24) is 4.98 Å². The number of amidine groups is 1. The minimum atomic E-state index is 0.137. The summed E-state index contributed by atoms with van der Waals surface area (Å²) in [5.41, 5.74) is 7.42. The van der Waals surface area contributed by atoms with Crippen LogP contribution in [-0.4, -0.2) is 28.6 Å². The SMILES string of the molecule is CC1CCCN(c2cnccc2/C(N)=N/O)C1C. The Bertz CT molecular complexity index is 446. The molecule has 98 valence electrons. The van der Waals surface area contributed by atoms with Gasteiger partial charge in [-0.1, -0.05) is 12.1 Å². The summed E-state index contributed by atoms with van der Waals surface area (Å²) in [7, 11) is 0. The van der Waals surface area contributed by atoms with Gasteiger partial charge < -0.3 is 15.8 Å². The Morgan fingerprint density at radius 3 is 3.06 bits per heavy atom. The van der Waals surface area contributed by atoms with Gasteiger partial charge >= 0.3 is 0 Å². The quantitative estimate of drug-likeness (QED) is 0.362. The molecule has 1 aliphatic heterocycles. The van der Waals surface area contributed by atoms with Crippen molar-refractivity contribution in [3.63, 3.8) is 0 Å². The molecule has 2 atom stereocenters. The summed E-state index contributed by atoms with van der Waals surface area (Å²) in [6.45, 7) is 5.46. The number of nitrogens with two attached hydrogens (primary N) is 1. The number of hydrogen-bond acceptors (Lipinski definition) is 4. The molecule has 5 nitrogen and oxygen atoms in total. The minimum Gasteiger partial charge on any atom is -0.409 e. The largest absolute Gasteiger partial charge is 0.409 e. The Morgan fingerprint density at radius 1 is 1.56 bits per heavy atom. The van der Waals surface area contributed by atoms with E-state index < -0.39 is 0 Å². The number of pyridine rings is 1. The molecular formula is C13H20N4O. The van der Waals surface area contributed by atoms with Crippen LogP contribution in [0.5, 0.6) is 0 Å². The molecule has 1 aliphatic rings. The molecule has 1 aromatic heterocycles. The van der Waals surface area contributed by atoms with Crippen molar-refractivity contribution in [2.75, 3.05) is 11.4 Å². The van der Waals surface area contributed by atoms with Gasteiger partial charge in [0.05, 0.1) is 11.9 Å². The van der Waals surface area contributed by atoms with Crippen LogP contribution in [0.3, 0.4) is 0 Å². The average molecular weight is 248 g/mol. The zero-order valence-corrected chi connectivity index (χ0v) is 10.9. The van der Waals surface area contributed by atoms with Gasteiger partial charge in [0.1, 0.15) is 0 Å². The zero-order valence-electron chi connectivity index (χ0n) is 10.9. The molecule has 0 spiro atoms. The van der Waals surface area contributed by atoms with Crippen molar-refractivity contribution in [2.24, 2.45) is 16.8 Å². The maximum atomic E-state index is 8.85. The Kier molecular flexibility index (Phi) is 3.69. The van der Waals surface area contributed by atoms with Crippen molar-refractivity contribution >= 4 is 11.5 Å². The molecule has 0 saturated carbocycles. The highest BCUT2D eigenvalue weighted by atomic mass is 16.4. The van der Waals surface area contributed by atoms with E-state index in [9.17, 15) is 0 Å². The lowest BCUT2D eigenvalue weighted by Gasteiger charge is -2.40. The molecule has 3 N–H and O–H groups in total. The van der Waals surface area contributed by atoms with Crippen LogP contribution in [-0.2, 0) is 0 Å². The van der Waals surface area contributed by atoms with E-state index in [1.807, 2.05) is 0 Å². The van der Waals surface area contributed by atoms with E-state index in [1.165, 1.54) is 6.42 Å². The van der Waals surface area contributed by atoms with E-state index in [1.54, 1.807) is 18.5 Å². The number of aromatic nitrogens is 1. The Labute approximate surface area is 107 Å². The van der Waals surface area contributed by atoms with Crippen LogP contribution in [0.2, 0.25) is 0 Å². The van der Waals surface area contributed by atoms with Gasteiger partial charge in [0, 0.05) is 24.3 Å². The second kappa shape index (κ2) is 5.25. The van der Waals surface area contributed by atoms with Crippen molar-refractivity contribution in [1.29, 1.82) is 0 Å². The molecule has 2 heterocycles. The molecule has 0 bridgehead atoms. The Morgan fingerprint density at radius 2 is 2.33 bits per heavy atom. The van der Waals surface area contributed by atoms with Crippen molar-refractivity contribution in [3.8, 4) is 0 Å². The summed E-state index contributed by atoms with van der Waals surface area (Å²) in [5.74, 6) is 0.775. The van der Waals surface area contributed by atoms with Crippen molar-refractivity contribution in [2.45, 2.75) is 32.7 Å². The van der Waals surface area contributed by atoms with Crippen LogP contribution in [0.4, 0.5) is 5.69 Å². The third kappa shape index (κ3) is 2.25. The zero-order chi connectivity index (χ0) is 13.1. The summed E-state index contributed by atoms with van der Waals surface area (Å²) in [6, 6.07) is 2.23. The molecule has 0 radical (unpaired) electrons. The maximum absolute atomic E-state index is 8.85. The number of hydrogen-bond donors (Lipinski definition) is 2. The van der Waals surface area contributed by atoms with Gasteiger partial charge in [-0.3, -0.25) is 4.98 Å². The number of nitrogens with zero attached hydrogens (tertiary/aromatic N) is 3. The standard InChI is InChI=1S/C13H20N4O/c1-9-4-3-7-17(10(9)2)12-8-15-6-5-11(12)13(14)16-18/h5-6,8-10,18H,3-4,7H2,1-2H3,(H2,14,16). The monoisotopic (exact) mass is 248 g/mol. The molecule has 1 aromatic rings. The third-order valence-corrected chi connectivity index (χ3v) is 3.87. The number of piperidine rings is 1. The maximum Gasteiger partial charge on any atom is 0.172 e. The first-order valence-electron chi connectivity index (χ1n) is 6.33. The van der Waals surface area contributed by atoms with Gasteiger partial charge in [0.25, 0.3) is 0 Å². The van der Waals surface area contributed by atoms with Gasteiger partial charge in [-0.2, -0.15) is 0 Å². The first-order valence-corrected chi connectivity index (χ1v) is 6.33. The molecular weight excluding hydrogens is 228 g/mol. The predicted octanol–water partition coefficient (Wildman–Crippen LogP) is 1.80. The van der Waals surface area contributed by atoms with Gasteiger partial charge in [0.15, 0.2) is 5.84 Å². The lowest BCUT2D eigenvalue weighted by Crippen LogP contribution is -2.43. The molecule has 1 saturated heterocycles. The highest BCUT2D eigenvalue weighted by Crippen LogP contribution is 2.30. The Balaban J connectivity index is 2.38. The molecule has 5 heteroatoms. The van der Waals surface area contributed by atoms with Gasteiger partial charge in [-0.25, -0.2) is 0 Å². The van der Waals surface area contributed by atoms with Crippen LogP contribution in [0.15, 0.2) is 23.6 Å². The molecule has 0 aliphatic carbocycles. The topological polar surface area (TPSA) is 74.7 Å². The van der Waals surface area contributed by atoms with Gasteiger partial charge in [-0.15, -0.1) is 0 Å². The fourth-order valence-corrected chi connectivity index (χ4v) is 2.56. The number of rotatable bonds is 2. The molecule has 18 heavy (non-hydrogen) atoms. The van der Waals surface area contributed by atoms with E-state index in [0.717, 1.165) is 24.2 Å². The summed E-state index contributed by atoms with van der Waals surface area (Å²) >= 11 is 0. The van der Waals surface area contributed by atoms with Crippen molar-refractivity contribution in [3.05, 3.63) is 24.0 Å². The van der Waals surface area contributed by atoms with E-state index in [2.05, 4.69) is 28.9 Å². The molecule has 2 unspecified atom stereocenters. The van der Waals surface area contributed by atoms with Gasteiger partial charge in [-0.05, 0) is 31.7 Å². The van der Waals surface area contributed by atoms with Crippen molar-refractivity contribution < 1.29 is 5.21 Å². The second-order valence-electron chi connectivity index (χ2n) is 4.93. The summed E-state index contributed by atoms with van der Waals surface area (Å²) in [4.78, 5) is 6.46.